The number of benzene rings is 3. The summed E-state index contributed by atoms with van der Waals surface area (Å²) in [5, 5.41) is 9.41. The van der Waals surface area contributed by atoms with E-state index in [2.05, 4.69) is 32.6 Å². The standard InChI is InChI=1S/C29H28ClN5O4/c1-34-13-15-35(16-14-34)28(37)19-5-10-21(11-6-19)31-26(18-3-8-22(9-4-18)32-29(38)39-2)25-23-12-7-20(30)17-24(23)33-27(25)36/h3-12,17,31H,13-16H2,1-2H3,(H,32,38)(H,33,36)/b26-25-. The van der Waals surface area contributed by atoms with Gasteiger partial charge in [0.25, 0.3) is 11.8 Å². The first-order chi connectivity index (χ1) is 18.8. The first-order valence-electron chi connectivity index (χ1n) is 12.5. The molecule has 1 saturated heterocycles. The van der Waals surface area contributed by atoms with E-state index in [1.54, 1.807) is 54.6 Å². The molecule has 9 nitrogen and oxygen atoms in total. The van der Waals surface area contributed by atoms with Gasteiger partial charge in [0.1, 0.15) is 0 Å². The molecule has 200 valence electrons. The number of anilines is 3. The van der Waals surface area contributed by atoms with Crippen molar-refractivity contribution in [2.24, 2.45) is 0 Å². The van der Waals surface area contributed by atoms with Crippen molar-refractivity contribution < 1.29 is 19.1 Å². The largest absolute Gasteiger partial charge is 0.453 e. The van der Waals surface area contributed by atoms with Crippen LogP contribution in [0.5, 0.6) is 0 Å². The van der Waals surface area contributed by atoms with Gasteiger partial charge < -0.3 is 25.2 Å². The van der Waals surface area contributed by atoms with Crippen molar-refractivity contribution in [2.75, 3.05) is 56.3 Å². The molecule has 3 aromatic carbocycles. The summed E-state index contributed by atoms with van der Waals surface area (Å²) >= 11 is 6.16. The lowest BCUT2D eigenvalue weighted by Crippen LogP contribution is -2.47. The molecule has 0 radical (unpaired) electrons. The highest BCUT2D eigenvalue weighted by molar-refractivity contribution is 6.38. The number of hydrogen-bond acceptors (Lipinski definition) is 6. The molecule has 0 aliphatic carbocycles. The van der Waals surface area contributed by atoms with E-state index < -0.39 is 6.09 Å². The predicted octanol–water partition coefficient (Wildman–Crippen LogP) is 4.84. The van der Waals surface area contributed by atoms with Gasteiger partial charge in [0.2, 0.25) is 0 Å². The Hall–Kier alpha value is -4.34. The minimum absolute atomic E-state index is 0.00268. The molecule has 0 atom stereocenters. The van der Waals surface area contributed by atoms with Crippen LogP contribution in [-0.4, -0.2) is 68.0 Å². The van der Waals surface area contributed by atoms with Crippen molar-refractivity contribution in [3.8, 4) is 0 Å². The van der Waals surface area contributed by atoms with Gasteiger partial charge in [-0.25, -0.2) is 4.79 Å². The molecule has 3 N–H and O–H groups in total. The van der Waals surface area contributed by atoms with Gasteiger partial charge in [0, 0.05) is 53.7 Å². The molecule has 39 heavy (non-hydrogen) atoms. The van der Waals surface area contributed by atoms with Gasteiger partial charge in [0.05, 0.1) is 24.1 Å². The lowest BCUT2D eigenvalue weighted by Gasteiger charge is -2.32. The third kappa shape index (κ3) is 5.74. The number of piperazine rings is 1. The third-order valence-electron chi connectivity index (χ3n) is 6.77. The van der Waals surface area contributed by atoms with Gasteiger partial charge >= 0.3 is 6.09 Å². The number of hydrogen-bond donors (Lipinski definition) is 3. The van der Waals surface area contributed by atoms with E-state index in [0.29, 0.717) is 57.6 Å². The van der Waals surface area contributed by atoms with Crippen LogP contribution in [0, 0.1) is 0 Å². The third-order valence-corrected chi connectivity index (χ3v) is 7.01. The topological polar surface area (TPSA) is 103 Å². The number of nitrogens with one attached hydrogen (secondary N) is 3. The van der Waals surface area contributed by atoms with Crippen LogP contribution >= 0.6 is 11.6 Å². The van der Waals surface area contributed by atoms with Gasteiger partial charge in [-0.3, -0.25) is 14.9 Å². The Kier molecular flexibility index (Phi) is 7.53. The van der Waals surface area contributed by atoms with Crippen molar-refractivity contribution in [1.29, 1.82) is 0 Å². The number of carbonyl (C=O) groups is 3. The number of nitrogens with zero attached hydrogens (tertiary/aromatic N) is 2. The second-order valence-electron chi connectivity index (χ2n) is 9.39. The summed E-state index contributed by atoms with van der Waals surface area (Å²) in [6.45, 7) is 3.10. The van der Waals surface area contributed by atoms with Crippen molar-refractivity contribution in [1.82, 2.24) is 9.80 Å². The minimum atomic E-state index is -0.577. The number of rotatable bonds is 5. The number of likely N-dealkylation sites (N-methyl/N-ethyl adjacent to an activating group) is 1. The van der Waals surface area contributed by atoms with Crippen LogP contribution in [0.2, 0.25) is 5.02 Å². The zero-order valence-corrected chi connectivity index (χ0v) is 22.3. The molecule has 0 bridgehead atoms. The second kappa shape index (κ2) is 11.2. The van der Waals surface area contributed by atoms with E-state index in [9.17, 15) is 14.4 Å². The summed E-state index contributed by atoms with van der Waals surface area (Å²) in [7, 11) is 3.34. The molecule has 5 rings (SSSR count). The molecular weight excluding hydrogens is 518 g/mol. The molecule has 3 aromatic rings. The summed E-state index contributed by atoms with van der Waals surface area (Å²) in [6, 6.07) is 19.5. The van der Waals surface area contributed by atoms with Crippen LogP contribution in [0.3, 0.4) is 0 Å². The molecule has 2 aliphatic rings. The number of ether oxygens (including phenoxy) is 1. The van der Waals surface area contributed by atoms with Crippen LogP contribution in [-0.2, 0) is 9.53 Å². The first kappa shape index (κ1) is 26.3. The van der Waals surface area contributed by atoms with E-state index in [0.717, 1.165) is 18.7 Å². The molecule has 3 amide bonds. The van der Waals surface area contributed by atoms with E-state index in [4.69, 9.17) is 11.6 Å². The van der Waals surface area contributed by atoms with Crippen LogP contribution in [0.25, 0.3) is 11.3 Å². The number of amides is 3. The Morgan fingerprint density at radius 3 is 2.13 bits per heavy atom. The maximum Gasteiger partial charge on any atom is 0.411 e. The lowest BCUT2D eigenvalue weighted by molar-refractivity contribution is -0.110. The summed E-state index contributed by atoms with van der Waals surface area (Å²) in [6.07, 6.45) is -0.577. The number of halogens is 1. The van der Waals surface area contributed by atoms with Crippen molar-refractivity contribution >= 4 is 57.8 Å². The van der Waals surface area contributed by atoms with Crippen molar-refractivity contribution in [2.45, 2.75) is 0 Å². The summed E-state index contributed by atoms with van der Waals surface area (Å²) in [5.74, 6) is -0.267. The van der Waals surface area contributed by atoms with Crippen molar-refractivity contribution in [3.05, 3.63) is 88.4 Å². The smallest absolute Gasteiger partial charge is 0.411 e. The van der Waals surface area contributed by atoms with Crippen LogP contribution < -0.4 is 16.0 Å². The first-order valence-corrected chi connectivity index (χ1v) is 12.9. The molecule has 0 aromatic heterocycles. The maximum atomic E-state index is 13.2. The molecule has 2 heterocycles. The molecule has 0 spiro atoms. The van der Waals surface area contributed by atoms with Gasteiger partial charge in [-0.2, -0.15) is 0 Å². The molecule has 2 aliphatic heterocycles. The lowest BCUT2D eigenvalue weighted by atomic mass is 9.99. The highest BCUT2D eigenvalue weighted by atomic mass is 35.5. The zero-order chi connectivity index (χ0) is 27.5. The molecule has 1 fully saturated rings. The van der Waals surface area contributed by atoms with E-state index in [1.165, 1.54) is 7.11 Å². The summed E-state index contributed by atoms with van der Waals surface area (Å²) < 4.78 is 4.66. The van der Waals surface area contributed by atoms with Gasteiger partial charge in [-0.05, 0) is 61.1 Å². The van der Waals surface area contributed by atoms with Gasteiger partial charge in [0.15, 0.2) is 0 Å². The van der Waals surface area contributed by atoms with E-state index >= 15 is 0 Å². The molecule has 0 saturated carbocycles. The number of carbonyl (C=O) groups excluding carboxylic acids is 3. The zero-order valence-electron chi connectivity index (χ0n) is 21.6. The van der Waals surface area contributed by atoms with E-state index in [1.807, 2.05) is 17.0 Å². The Morgan fingerprint density at radius 1 is 0.872 bits per heavy atom. The fourth-order valence-corrected chi connectivity index (χ4v) is 4.77. The Bertz CT molecular complexity index is 1450. The van der Waals surface area contributed by atoms with Gasteiger partial charge in [-0.1, -0.05) is 29.8 Å². The van der Waals surface area contributed by atoms with Crippen LogP contribution in [0.15, 0.2) is 66.7 Å². The Labute approximate surface area is 231 Å². The highest BCUT2D eigenvalue weighted by Gasteiger charge is 2.29. The molecule has 0 unspecified atom stereocenters. The maximum absolute atomic E-state index is 13.2. The fourth-order valence-electron chi connectivity index (χ4n) is 4.59. The monoisotopic (exact) mass is 545 g/mol. The number of methoxy groups -OCH3 is 1. The number of fused-ring (bicyclic) bond motifs is 1. The van der Waals surface area contributed by atoms with Gasteiger partial charge in [-0.15, -0.1) is 0 Å². The molecular formula is C29H28ClN5O4. The second-order valence-corrected chi connectivity index (χ2v) is 9.82. The Morgan fingerprint density at radius 2 is 1.49 bits per heavy atom. The highest BCUT2D eigenvalue weighted by Crippen LogP contribution is 2.39. The SMILES string of the molecule is COC(=O)Nc1ccc(/C(Nc2ccc(C(=O)N3CCN(C)CC3)cc2)=C2/C(=O)Nc3cc(Cl)ccc32)cc1. The van der Waals surface area contributed by atoms with E-state index in [-0.39, 0.29) is 11.8 Å². The fraction of sp³-hybridized carbons (Fsp3) is 0.207. The summed E-state index contributed by atoms with van der Waals surface area (Å²) in [5.41, 5.74) is 4.94. The van der Waals surface area contributed by atoms with Crippen molar-refractivity contribution in [3.63, 3.8) is 0 Å². The normalized spacial score (nSPS) is 16.3. The average Bonchev–Trinajstić information content (AvgIpc) is 3.27. The average molecular weight is 546 g/mol. The quantitative estimate of drug-likeness (QED) is 0.397. The predicted molar refractivity (Wildman–Crippen MR) is 153 cm³/mol. The van der Waals surface area contributed by atoms with Crippen LogP contribution in [0.1, 0.15) is 21.5 Å². The molecule has 10 heteroatoms. The van der Waals surface area contributed by atoms with Crippen LogP contribution in [0.4, 0.5) is 21.9 Å². The summed E-state index contributed by atoms with van der Waals surface area (Å²) in [4.78, 5) is 41.8. The minimum Gasteiger partial charge on any atom is -0.453 e. The Balaban J connectivity index is 1.47.